The van der Waals surface area contributed by atoms with Gasteiger partial charge in [0.15, 0.2) is 0 Å². The van der Waals surface area contributed by atoms with E-state index in [2.05, 4.69) is 0 Å². The Hall–Kier alpha value is -0.680. The number of hydrogen-bond donors (Lipinski definition) is 1. The molecule has 0 bridgehead atoms. The van der Waals surface area contributed by atoms with E-state index in [0.717, 1.165) is 5.56 Å². The highest BCUT2D eigenvalue weighted by Gasteiger charge is 2.07. The van der Waals surface area contributed by atoms with E-state index in [0.29, 0.717) is 32.7 Å². The van der Waals surface area contributed by atoms with E-state index in [-0.39, 0.29) is 5.02 Å². The van der Waals surface area contributed by atoms with Gasteiger partial charge in [-0.05, 0) is 30.5 Å². The van der Waals surface area contributed by atoms with Gasteiger partial charge in [0.25, 0.3) is 0 Å². The fourth-order valence-corrected chi connectivity index (χ4v) is 1.71. The predicted octanol–water partition coefficient (Wildman–Crippen LogP) is 2.44. The van der Waals surface area contributed by atoms with Gasteiger partial charge in [-0.25, -0.2) is 4.39 Å². The third-order valence-electron chi connectivity index (χ3n) is 2.48. The molecule has 0 radical (unpaired) electrons. The maximum atomic E-state index is 12.9. The first-order chi connectivity index (χ1) is 8.63. The first kappa shape index (κ1) is 15.4. The van der Waals surface area contributed by atoms with Gasteiger partial charge in [-0.2, -0.15) is 0 Å². The van der Waals surface area contributed by atoms with Crippen molar-refractivity contribution < 1.29 is 19.0 Å². The van der Waals surface area contributed by atoms with Crippen molar-refractivity contribution in [2.45, 2.75) is 18.9 Å². The molecule has 18 heavy (non-hydrogen) atoms. The third-order valence-corrected chi connectivity index (χ3v) is 2.77. The maximum absolute atomic E-state index is 12.9. The Bertz CT molecular complexity index is 360. The van der Waals surface area contributed by atoms with Crippen LogP contribution in [0.5, 0.6) is 0 Å². The lowest BCUT2D eigenvalue weighted by Crippen LogP contribution is -2.14. The van der Waals surface area contributed by atoms with Gasteiger partial charge in [0.2, 0.25) is 0 Å². The van der Waals surface area contributed by atoms with Crippen LogP contribution in [-0.4, -0.2) is 38.1 Å². The molecule has 0 aliphatic heterocycles. The Kier molecular flexibility index (Phi) is 7.20. The molecule has 1 atom stereocenters. The minimum atomic E-state index is -0.519. The summed E-state index contributed by atoms with van der Waals surface area (Å²) >= 11 is 5.66. The van der Waals surface area contributed by atoms with E-state index in [1.165, 1.54) is 12.1 Å². The highest BCUT2D eigenvalue weighted by atomic mass is 35.5. The van der Waals surface area contributed by atoms with Gasteiger partial charge in [0.05, 0.1) is 24.3 Å². The molecule has 0 aromatic heterocycles. The smallest absolute Gasteiger partial charge is 0.141 e. The fourth-order valence-electron chi connectivity index (χ4n) is 1.50. The van der Waals surface area contributed by atoms with E-state index in [4.69, 9.17) is 21.1 Å². The van der Waals surface area contributed by atoms with Crippen LogP contribution >= 0.6 is 11.6 Å². The van der Waals surface area contributed by atoms with Crippen molar-refractivity contribution in [2.24, 2.45) is 0 Å². The van der Waals surface area contributed by atoms with Crippen LogP contribution in [0.2, 0.25) is 5.02 Å². The lowest BCUT2D eigenvalue weighted by molar-refractivity contribution is 0.0479. The van der Waals surface area contributed by atoms with Gasteiger partial charge in [-0.15, -0.1) is 0 Å². The normalized spacial score (nSPS) is 12.7. The average Bonchev–Trinajstić information content (AvgIpc) is 2.34. The zero-order valence-corrected chi connectivity index (χ0v) is 11.1. The number of aliphatic hydroxyl groups is 1. The number of benzene rings is 1. The molecule has 1 aromatic rings. The number of aliphatic hydroxyl groups excluding tert-OH is 1. The molecular formula is C13H18ClFO3. The zero-order valence-electron chi connectivity index (χ0n) is 10.4. The minimum Gasteiger partial charge on any atom is -0.393 e. The molecule has 0 aliphatic rings. The first-order valence-electron chi connectivity index (χ1n) is 5.82. The van der Waals surface area contributed by atoms with E-state index < -0.39 is 11.9 Å². The standard InChI is InChI=1S/C13H18ClFO3/c1-17-6-7-18-5-4-11(16)8-10-2-3-13(15)12(14)9-10/h2-3,9,11,16H,4-8H2,1H3. The topological polar surface area (TPSA) is 38.7 Å². The lowest BCUT2D eigenvalue weighted by Gasteiger charge is -2.11. The Morgan fingerprint density at radius 1 is 1.33 bits per heavy atom. The van der Waals surface area contributed by atoms with Gasteiger partial charge in [-0.3, -0.25) is 0 Å². The average molecular weight is 277 g/mol. The van der Waals surface area contributed by atoms with Crippen molar-refractivity contribution in [1.82, 2.24) is 0 Å². The Labute approximate surface area is 111 Å². The molecule has 1 rings (SSSR count). The molecule has 0 spiro atoms. The van der Waals surface area contributed by atoms with Gasteiger partial charge in [0, 0.05) is 13.7 Å². The van der Waals surface area contributed by atoms with Gasteiger partial charge < -0.3 is 14.6 Å². The Morgan fingerprint density at radius 2 is 2.11 bits per heavy atom. The molecule has 3 nitrogen and oxygen atoms in total. The molecule has 102 valence electrons. The number of ether oxygens (including phenoxy) is 2. The van der Waals surface area contributed by atoms with Crippen molar-refractivity contribution in [1.29, 1.82) is 0 Å². The Balaban J connectivity index is 2.26. The first-order valence-corrected chi connectivity index (χ1v) is 6.20. The van der Waals surface area contributed by atoms with Crippen LogP contribution in [0.15, 0.2) is 18.2 Å². The summed E-state index contributed by atoms with van der Waals surface area (Å²) in [6.07, 6.45) is 0.445. The van der Waals surface area contributed by atoms with Crippen molar-refractivity contribution in [3.63, 3.8) is 0 Å². The number of hydrogen-bond acceptors (Lipinski definition) is 3. The molecular weight excluding hydrogens is 259 g/mol. The molecule has 1 N–H and O–H groups in total. The molecule has 0 aliphatic carbocycles. The molecule has 0 fully saturated rings. The second-order valence-electron chi connectivity index (χ2n) is 4.00. The molecule has 1 unspecified atom stereocenters. The molecule has 0 saturated heterocycles. The highest BCUT2D eigenvalue weighted by molar-refractivity contribution is 6.30. The van der Waals surface area contributed by atoms with Crippen LogP contribution in [0.4, 0.5) is 4.39 Å². The quantitative estimate of drug-likeness (QED) is 0.741. The minimum absolute atomic E-state index is 0.0797. The zero-order chi connectivity index (χ0) is 13.4. The van der Waals surface area contributed by atoms with Crippen LogP contribution in [0.3, 0.4) is 0 Å². The summed E-state index contributed by atoms with van der Waals surface area (Å²) in [5.41, 5.74) is 0.811. The second-order valence-corrected chi connectivity index (χ2v) is 4.41. The summed E-state index contributed by atoms with van der Waals surface area (Å²) in [6, 6.07) is 4.46. The van der Waals surface area contributed by atoms with E-state index in [1.54, 1.807) is 13.2 Å². The molecule has 0 heterocycles. The number of rotatable bonds is 8. The van der Waals surface area contributed by atoms with Gasteiger partial charge >= 0.3 is 0 Å². The fraction of sp³-hybridized carbons (Fsp3) is 0.538. The highest BCUT2D eigenvalue weighted by Crippen LogP contribution is 2.17. The van der Waals surface area contributed by atoms with Crippen molar-refractivity contribution in [3.8, 4) is 0 Å². The summed E-state index contributed by atoms with van der Waals surface area (Å²) in [5.74, 6) is -0.446. The molecule has 0 amide bonds. The van der Waals surface area contributed by atoms with Gasteiger partial charge in [0.1, 0.15) is 5.82 Å². The largest absolute Gasteiger partial charge is 0.393 e. The summed E-state index contributed by atoms with van der Waals surface area (Å²) in [6.45, 7) is 1.54. The van der Waals surface area contributed by atoms with Crippen molar-refractivity contribution >= 4 is 11.6 Å². The van der Waals surface area contributed by atoms with Crippen LogP contribution in [0, 0.1) is 5.82 Å². The van der Waals surface area contributed by atoms with E-state index in [9.17, 15) is 9.50 Å². The van der Waals surface area contributed by atoms with Gasteiger partial charge in [-0.1, -0.05) is 17.7 Å². The van der Waals surface area contributed by atoms with Crippen LogP contribution < -0.4 is 0 Å². The SMILES string of the molecule is COCCOCCC(O)Cc1ccc(F)c(Cl)c1. The molecule has 0 saturated carbocycles. The second kappa shape index (κ2) is 8.43. The molecule has 1 aromatic carbocycles. The van der Waals surface area contributed by atoms with Crippen molar-refractivity contribution in [2.75, 3.05) is 26.9 Å². The number of halogens is 2. The summed E-state index contributed by atoms with van der Waals surface area (Å²) in [4.78, 5) is 0. The van der Waals surface area contributed by atoms with Crippen molar-refractivity contribution in [3.05, 3.63) is 34.6 Å². The van der Waals surface area contributed by atoms with E-state index in [1.807, 2.05) is 0 Å². The molecule has 5 heteroatoms. The van der Waals surface area contributed by atoms with E-state index >= 15 is 0 Å². The monoisotopic (exact) mass is 276 g/mol. The van der Waals surface area contributed by atoms with Crippen LogP contribution in [-0.2, 0) is 15.9 Å². The number of methoxy groups -OCH3 is 1. The Morgan fingerprint density at radius 3 is 2.78 bits per heavy atom. The summed E-state index contributed by atoms with van der Waals surface area (Å²) in [5, 5.41) is 9.85. The lowest BCUT2D eigenvalue weighted by atomic mass is 10.1. The van der Waals surface area contributed by atoms with Crippen LogP contribution in [0.25, 0.3) is 0 Å². The summed E-state index contributed by atoms with van der Waals surface area (Å²) < 4.78 is 23.0. The maximum Gasteiger partial charge on any atom is 0.141 e. The third kappa shape index (κ3) is 5.78. The van der Waals surface area contributed by atoms with Crippen LogP contribution in [0.1, 0.15) is 12.0 Å². The summed E-state index contributed by atoms with van der Waals surface area (Å²) in [7, 11) is 1.61. The predicted molar refractivity (Wildman–Crippen MR) is 68.4 cm³/mol.